The molecular weight excluding hydrogens is 454 g/mol. The monoisotopic (exact) mass is 481 g/mol. The number of Topliss-reactive ketones (excluding diaryl/α,β-unsaturated/α-hetero) is 1. The molecular formula is C21H27N3O6S2. The van der Waals surface area contributed by atoms with Crippen molar-refractivity contribution < 1.29 is 26.4 Å². The lowest BCUT2D eigenvalue weighted by Crippen LogP contribution is -2.37. The van der Waals surface area contributed by atoms with Crippen molar-refractivity contribution in [3.05, 3.63) is 54.1 Å². The summed E-state index contributed by atoms with van der Waals surface area (Å²) in [6, 6.07) is 11.6. The van der Waals surface area contributed by atoms with E-state index in [9.17, 15) is 26.4 Å². The second-order valence-corrected chi connectivity index (χ2v) is 10.9. The maximum Gasteiger partial charge on any atom is 0.245 e. The van der Waals surface area contributed by atoms with Gasteiger partial charge >= 0.3 is 0 Å². The summed E-state index contributed by atoms with van der Waals surface area (Å²) < 4.78 is 51.9. The van der Waals surface area contributed by atoms with Crippen LogP contribution in [0.15, 0.2) is 53.4 Å². The van der Waals surface area contributed by atoms with Crippen LogP contribution in [0.3, 0.4) is 0 Å². The van der Waals surface area contributed by atoms with E-state index >= 15 is 0 Å². The minimum Gasteiger partial charge on any atom is -0.325 e. The molecule has 0 saturated heterocycles. The number of hydrogen-bond donors (Lipinski definition) is 1. The number of carbonyl (C=O) groups is 2. The van der Waals surface area contributed by atoms with Crippen LogP contribution >= 0.6 is 0 Å². The van der Waals surface area contributed by atoms with E-state index < -0.39 is 32.5 Å². The summed E-state index contributed by atoms with van der Waals surface area (Å²) >= 11 is 0. The highest BCUT2D eigenvalue weighted by molar-refractivity contribution is 7.92. The summed E-state index contributed by atoms with van der Waals surface area (Å²) in [5, 5.41) is 2.57. The van der Waals surface area contributed by atoms with Gasteiger partial charge in [0.25, 0.3) is 0 Å². The van der Waals surface area contributed by atoms with Crippen LogP contribution in [0.1, 0.15) is 31.1 Å². The number of hydrogen-bond acceptors (Lipinski definition) is 6. The lowest BCUT2D eigenvalue weighted by molar-refractivity contribution is -0.114. The fourth-order valence-corrected chi connectivity index (χ4v) is 5.34. The Kier molecular flexibility index (Phi) is 8.16. The van der Waals surface area contributed by atoms with Gasteiger partial charge in [-0.2, -0.15) is 4.31 Å². The Morgan fingerprint density at radius 2 is 1.53 bits per heavy atom. The summed E-state index contributed by atoms with van der Waals surface area (Å²) in [7, 11) is -7.44. The number of carbonyl (C=O) groups excluding carboxylic acids is 2. The molecule has 1 N–H and O–H groups in total. The molecule has 0 atom stereocenters. The van der Waals surface area contributed by atoms with E-state index in [4.69, 9.17) is 0 Å². The second-order valence-electron chi connectivity index (χ2n) is 7.04. The molecule has 1 amide bonds. The van der Waals surface area contributed by atoms with Gasteiger partial charge in [0.05, 0.1) is 16.8 Å². The standard InChI is InChI=1S/C21H27N3O6S2/c1-5-23(6-2)32(29,30)20-12-10-18(11-13-20)22-21(26)15-24(31(4,27)28)19-9-7-8-17(14-19)16(3)25/h7-14H,5-6,15H2,1-4H3,(H,22,26). The molecule has 2 rings (SSSR count). The molecule has 0 aliphatic carbocycles. The van der Waals surface area contributed by atoms with Crippen molar-refractivity contribution in [3.63, 3.8) is 0 Å². The van der Waals surface area contributed by atoms with Crippen molar-refractivity contribution in [2.45, 2.75) is 25.7 Å². The smallest absolute Gasteiger partial charge is 0.245 e. The molecule has 0 spiro atoms. The van der Waals surface area contributed by atoms with Crippen molar-refractivity contribution >= 4 is 43.1 Å². The van der Waals surface area contributed by atoms with Gasteiger partial charge in [-0.25, -0.2) is 16.8 Å². The van der Waals surface area contributed by atoms with Crippen LogP contribution < -0.4 is 9.62 Å². The number of sulfonamides is 2. The zero-order valence-electron chi connectivity index (χ0n) is 18.4. The Morgan fingerprint density at radius 1 is 0.938 bits per heavy atom. The van der Waals surface area contributed by atoms with Gasteiger partial charge in [0.15, 0.2) is 5.78 Å². The SMILES string of the molecule is CCN(CC)S(=O)(=O)c1ccc(NC(=O)CN(c2cccc(C(C)=O)c2)S(C)(=O)=O)cc1. The number of benzene rings is 2. The van der Waals surface area contributed by atoms with Crippen LogP contribution in [0.4, 0.5) is 11.4 Å². The Labute approximate surface area is 189 Å². The Hall–Kier alpha value is -2.76. The Morgan fingerprint density at radius 3 is 2.03 bits per heavy atom. The number of nitrogens with one attached hydrogen (secondary N) is 1. The predicted molar refractivity (Wildman–Crippen MR) is 124 cm³/mol. The van der Waals surface area contributed by atoms with E-state index in [-0.39, 0.29) is 16.4 Å². The minimum absolute atomic E-state index is 0.0954. The first-order valence-corrected chi connectivity index (χ1v) is 13.2. The first-order valence-electron chi connectivity index (χ1n) is 9.89. The van der Waals surface area contributed by atoms with Gasteiger partial charge in [-0.15, -0.1) is 0 Å². The molecule has 0 bridgehead atoms. The van der Waals surface area contributed by atoms with Gasteiger partial charge in [0, 0.05) is 24.3 Å². The molecule has 11 heteroatoms. The van der Waals surface area contributed by atoms with Crippen LogP contribution in [0.25, 0.3) is 0 Å². The van der Waals surface area contributed by atoms with E-state index in [1.54, 1.807) is 19.9 Å². The molecule has 32 heavy (non-hydrogen) atoms. The van der Waals surface area contributed by atoms with Crippen molar-refractivity contribution in [2.75, 3.05) is 35.5 Å². The summed E-state index contributed by atoms with van der Waals surface area (Å²) in [6.45, 7) is 5.01. The van der Waals surface area contributed by atoms with Gasteiger partial charge in [-0.1, -0.05) is 26.0 Å². The molecule has 0 unspecified atom stereocenters. The average Bonchev–Trinajstić information content (AvgIpc) is 2.72. The number of rotatable bonds is 10. The summed E-state index contributed by atoms with van der Waals surface area (Å²) in [5.41, 5.74) is 0.831. The second kappa shape index (κ2) is 10.2. The number of amides is 1. The maximum absolute atomic E-state index is 12.6. The molecule has 9 nitrogen and oxygen atoms in total. The van der Waals surface area contributed by atoms with Crippen LogP contribution in [-0.4, -0.2) is 58.7 Å². The first kappa shape index (κ1) is 25.5. The van der Waals surface area contributed by atoms with E-state index in [0.29, 0.717) is 24.3 Å². The minimum atomic E-state index is -3.81. The lowest BCUT2D eigenvalue weighted by Gasteiger charge is -2.22. The van der Waals surface area contributed by atoms with Gasteiger partial charge in [0.1, 0.15) is 6.54 Å². The zero-order chi connectivity index (χ0) is 24.1. The molecule has 0 aliphatic rings. The molecule has 2 aromatic carbocycles. The summed E-state index contributed by atoms with van der Waals surface area (Å²) in [5.74, 6) is -0.854. The highest BCUT2D eigenvalue weighted by Gasteiger charge is 2.23. The van der Waals surface area contributed by atoms with Crippen LogP contribution in [-0.2, 0) is 24.8 Å². The lowest BCUT2D eigenvalue weighted by atomic mass is 10.1. The van der Waals surface area contributed by atoms with Gasteiger partial charge in [0.2, 0.25) is 26.0 Å². The highest BCUT2D eigenvalue weighted by Crippen LogP contribution is 2.21. The fraction of sp³-hybridized carbons (Fsp3) is 0.333. The molecule has 0 aliphatic heterocycles. The fourth-order valence-electron chi connectivity index (χ4n) is 3.03. The molecule has 2 aromatic rings. The normalized spacial score (nSPS) is 11.9. The molecule has 174 valence electrons. The van der Waals surface area contributed by atoms with Crippen LogP contribution in [0.2, 0.25) is 0 Å². The first-order chi connectivity index (χ1) is 14.9. The van der Waals surface area contributed by atoms with Crippen LogP contribution in [0.5, 0.6) is 0 Å². The average molecular weight is 482 g/mol. The summed E-state index contributed by atoms with van der Waals surface area (Å²) in [6.07, 6.45) is 0.966. The number of nitrogens with zero attached hydrogens (tertiary/aromatic N) is 2. The van der Waals surface area contributed by atoms with Gasteiger partial charge in [-0.05, 0) is 43.3 Å². The van der Waals surface area contributed by atoms with Crippen molar-refractivity contribution in [1.82, 2.24) is 4.31 Å². The molecule has 0 radical (unpaired) electrons. The molecule has 0 saturated carbocycles. The van der Waals surface area contributed by atoms with E-state index in [2.05, 4.69) is 5.32 Å². The quantitative estimate of drug-likeness (QED) is 0.520. The maximum atomic E-state index is 12.6. The summed E-state index contributed by atoms with van der Waals surface area (Å²) in [4.78, 5) is 24.2. The van der Waals surface area contributed by atoms with Gasteiger partial charge in [-0.3, -0.25) is 13.9 Å². The zero-order valence-corrected chi connectivity index (χ0v) is 20.0. The van der Waals surface area contributed by atoms with Gasteiger partial charge < -0.3 is 5.32 Å². The van der Waals surface area contributed by atoms with E-state index in [0.717, 1.165) is 10.6 Å². The third-order valence-corrected chi connectivity index (χ3v) is 7.91. The van der Waals surface area contributed by atoms with Crippen molar-refractivity contribution in [3.8, 4) is 0 Å². The van der Waals surface area contributed by atoms with E-state index in [1.165, 1.54) is 53.7 Å². The topological polar surface area (TPSA) is 121 Å². The van der Waals surface area contributed by atoms with Crippen LogP contribution in [0, 0.1) is 0 Å². The molecule has 0 heterocycles. The van der Waals surface area contributed by atoms with Crippen molar-refractivity contribution in [2.24, 2.45) is 0 Å². The highest BCUT2D eigenvalue weighted by atomic mass is 32.2. The Balaban J connectivity index is 2.21. The predicted octanol–water partition coefficient (Wildman–Crippen LogP) is 2.32. The molecule has 0 fully saturated rings. The number of anilines is 2. The molecule has 0 aromatic heterocycles. The van der Waals surface area contributed by atoms with Crippen molar-refractivity contribution in [1.29, 1.82) is 0 Å². The third-order valence-electron chi connectivity index (χ3n) is 4.71. The third kappa shape index (κ3) is 6.15. The number of ketones is 1. The Bertz CT molecular complexity index is 1190. The van der Waals surface area contributed by atoms with E-state index in [1.807, 2.05) is 0 Å². The largest absolute Gasteiger partial charge is 0.325 e.